The normalized spacial score (nSPS) is 17.0. The third kappa shape index (κ3) is 4.10. The highest BCUT2D eigenvalue weighted by Gasteiger charge is 2.29. The Kier molecular flexibility index (Phi) is 6.17. The first-order chi connectivity index (χ1) is 16.5. The molecule has 176 valence electrons. The molecule has 1 unspecified atom stereocenters. The maximum atomic E-state index is 6.72. The number of para-hydroxylation sites is 2. The SMILES string of the molecule is Cc1nnc(N(C)C)c2nn(-c3ccccc3O[C@H](c3ccccc3)C3CNCCO3)c(C)c12. The molecule has 8 nitrogen and oxygen atoms in total. The number of anilines is 1. The number of morpholine rings is 1. The van der Waals surface area contributed by atoms with Gasteiger partial charge in [0.25, 0.3) is 0 Å². The Balaban J connectivity index is 1.60. The van der Waals surface area contributed by atoms with Crippen molar-refractivity contribution in [2.24, 2.45) is 0 Å². The van der Waals surface area contributed by atoms with Crippen molar-refractivity contribution >= 4 is 16.7 Å². The van der Waals surface area contributed by atoms with E-state index in [-0.39, 0.29) is 12.2 Å². The molecule has 5 rings (SSSR count). The number of hydrogen-bond acceptors (Lipinski definition) is 7. The summed E-state index contributed by atoms with van der Waals surface area (Å²) in [5.41, 5.74) is 4.61. The largest absolute Gasteiger partial charge is 0.481 e. The third-order valence-electron chi connectivity index (χ3n) is 6.18. The fourth-order valence-corrected chi connectivity index (χ4v) is 4.50. The average molecular weight is 459 g/mol. The lowest BCUT2D eigenvalue weighted by atomic mass is 10.0. The predicted molar refractivity (Wildman–Crippen MR) is 133 cm³/mol. The first-order valence-corrected chi connectivity index (χ1v) is 11.6. The highest BCUT2D eigenvalue weighted by Crippen LogP contribution is 2.34. The Morgan fingerprint density at radius 3 is 2.56 bits per heavy atom. The summed E-state index contributed by atoms with van der Waals surface area (Å²) in [5, 5.41) is 18.1. The minimum atomic E-state index is -0.261. The van der Waals surface area contributed by atoms with Gasteiger partial charge in [-0.25, -0.2) is 4.68 Å². The molecule has 1 N–H and O–H groups in total. The molecule has 8 heteroatoms. The molecule has 1 aliphatic rings. The van der Waals surface area contributed by atoms with Gasteiger partial charge in [0.2, 0.25) is 0 Å². The van der Waals surface area contributed by atoms with Gasteiger partial charge in [0.1, 0.15) is 23.1 Å². The van der Waals surface area contributed by atoms with E-state index in [1.54, 1.807) is 0 Å². The average Bonchev–Trinajstić information content (AvgIpc) is 3.21. The molecule has 1 fully saturated rings. The molecule has 2 atom stereocenters. The van der Waals surface area contributed by atoms with E-state index in [4.69, 9.17) is 14.6 Å². The predicted octanol–water partition coefficient (Wildman–Crippen LogP) is 3.61. The standard InChI is InChI=1S/C26H30N6O2/c1-17-23-18(2)32(30-24(23)26(29-28-17)31(3)4)20-12-8-9-13-21(20)34-25(19-10-6-5-7-11-19)22-16-27-14-15-33-22/h5-13,22,25,27H,14-16H2,1-4H3/t22?,25-/m1/s1. The number of fused-ring (bicyclic) bond motifs is 1. The Hall–Kier alpha value is -3.49. The molecule has 2 aromatic heterocycles. The third-order valence-corrected chi connectivity index (χ3v) is 6.18. The van der Waals surface area contributed by atoms with Crippen molar-refractivity contribution in [3.63, 3.8) is 0 Å². The van der Waals surface area contributed by atoms with Gasteiger partial charge in [-0.05, 0) is 31.5 Å². The van der Waals surface area contributed by atoms with Crippen LogP contribution in [0.2, 0.25) is 0 Å². The summed E-state index contributed by atoms with van der Waals surface area (Å²) in [6.07, 6.45) is -0.360. The molecule has 0 aliphatic carbocycles. The van der Waals surface area contributed by atoms with Crippen LogP contribution in [0.5, 0.6) is 5.75 Å². The highest BCUT2D eigenvalue weighted by atomic mass is 16.5. The fraction of sp³-hybridized carbons (Fsp3) is 0.346. The van der Waals surface area contributed by atoms with Crippen molar-refractivity contribution in [1.82, 2.24) is 25.3 Å². The lowest BCUT2D eigenvalue weighted by Crippen LogP contribution is -2.43. The molecule has 2 aromatic carbocycles. The monoisotopic (exact) mass is 458 g/mol. The van der Waals surface area contributed by atoms with Crippen LogP contribution in [0.3, 0.4) is 0 Å². The zero-order valence-electron chi connectivity index (χ0n) is 20.0. The van der Waals surface area contributed by atoms with E-state index in [2.05, 4.69) is 34.6 Å². The minimum absolute atomic E-state index is 0.0991. The van der Waals surface area contributed by atoms with Gasteiger partial charge in [-0.15, -0.1) is 5.10 Å². The Bertz CT molecular complexity index is 1280. The van der Waals surface area contributed by atoms with Crippen LogP contribution < -0.4 is 15.0 Å². The first kappa shape index (κ1) is 22.3. The zero-order valence-corrected chi connectivity index (χ0v) is 20.0. The van der Waals surface area contributed by atoms with Gasteiger partial charge < -0.3 is 19.7 Å². The number of benzene rings is 2. The minimum Gasteiger partial charge on any atom is -0.481 e. The smallest absolute Gasteiger partial charge is 0.179 e. The van der Waals surface area contributed by atoms with E-state index in [0.717, 1.165) is 58.2 Å². The van der Waals surface area contributed by atoms with Crippen molar-refractivity contribution in [3.05, 3.63) is 71.5 Å². The Labute approximate surface area is 199 Å². The highest BCUT2D eigenvalue weighted by molar-refractivity contribution is 5.92. The summed E-state index contributed by atoms with van der Waals surface area (Å²) in [5.74, 6) is 1.48. The second kappa shape index (κ2) is 9.40. The van der Waals surface area contributed by atoms with Gasteiger partial charge in [0.05, 0.1) is 23.4 Å². The van der Waals surface area contributed by atoms with Gasteiger partial charge in [0.15, 0.2) is 11.9 Å². The molecule has 0 saturated carbocycles. The number of ether oxygens (including phenoxy) is 2. The number of aromatic nitrogens is 4. The van der Waals surface area contributed by atoms with E-state index in [0.29, 0.717) is 6.61 Å². The second-order valence-electron chi connectivity index (χ2n) is 8.75. The fourth-order valence-electron chi connectivity index (χ4n) is 4.50. The number of nitrogens with zero attached hydrogens (tertiary/aromatic N) is 5. The van der Waals surface area contributed by atoms with Gasteiger partial charge in [-0.3, -0.25) is 0 Å². The summed E-state index contributed by atoms with van der Waals surface area (Å²) in [7, 11) is 3.90. The van der Waals surface area contributed by atoms with Crippen LogP contribution in [-0.4, -0.2) is 59.9 Å². The molecule has 0 spiro atoms. The second-order valence-corrected chi connectivity index (χ2v) is 8.75. The number of rotatable bonds is 6. The summed E-state index contributed by atoms with van der Waals surface area (Å²) in [6.45, 7) is 6.27. The maximum absolute atomic E-state index is 6.72. The maximum Gasteiger partial charge on any atom is 0.179 e. The van der Waals surface area contributed by atoms with E-state index < -0.39 is 0 Å². The van der Waals surface area contributed by atoms with Crippen molar-refractivity contribution in [3.8, 4) is 11.4 Å². The van der Waals surface area contributed by atoms with E-state index in [1.165, 1.54) is 0 Å². The first-order valence-electron chi connectivity index (χ1n) is 11.6. The number of hydrogen-bond donors (Lipinski definition) is 1. The molecule has 4 aromatic rings. The van der Waals surface area contributed by atoms with E-state index >= 15 is 0 Å². The zero-order chi connectivity index (χ0) is 23.7. The van der Waals surface area contributed by atoms with Crippen LogP contribution in [0.25, 0.3) is 16.6 Å². The number of aryl methyl sites for hydroxylation is 2. The quantitative estimate of drug-likeness (QED) is 0.473. The van der Waals surface area contributed by atoms with Gasteiger partial charge >= 0.3 is 0 Å². The lowest BCUT2D eigenvalue weighted by molar-refractivity contribution is -0.0432. The summed E-state index contributed by atoms with van der Waals surface area (Å²) < 4.78 is 14.8. The van der Waals surface area contributed by atoms with Crippen LogP contribution in [-0.2, 0) is 4.74 Å². The van der Waals surface area contributed by atoms with Crippen LogP contribution in [0.4, 0.5) is 5.82 Å². The van der Waals surface area contributed by atoms with Crippen LogP contribution in [0, 0.1) is 13.8 Å². The molecule has 1 saturated heterocycles. The number of nitrogens with one attached hydrogen (secondary N) is 1. The summed E-state index contributed by atoms with van der Waals surface area (Å²) >= 11 is 0. The van der Waals surface area contributed by atoms with Gasteiger partial charge in [-0.2, -0.15) is 10.2 Å². The van der Waals surface area contributed by atoms with E-state index in [1.807, 2.05) is 73.1 Å². The molecular weight excluding hydrogens is 428 g/mol. The van der Waals surface area contributed by atoms with E-state index in [9.17, 15) is 0 Å². The van der Waals surface area contributed by atoms with Crippen LogP contribution in [0.1, 0.15) is 23.1 Å². The van der Waals surface area contributed by atoms with Crippen molar-refractivity contribution in [2.75, 3.05) is 38.7 Å². The topological polar surface area (TPSA) is 77.3 Å². The lowest BCUT2D eigenvalue weighted by Gasteiger charge is -2.32. The molecule has 0 radical (unpaired) electrons. The van der Waals surface area contributed by atoms with Gasteiger partial charge in [-0.1, -0.05) is 42.5 Å². The molecule has 0 bridgehead atoms. The van der Waals surface area contributed by atoms with Crippen molar-refractivity contribution in [1.29, 1.82) is 0 Å². The summed E-state index contributed by atoms with van der Waals surface area (Å²) in [4.78, 5) is 1.94. The molecule has 1 aliphatic heterocycles. The molecule has 0 amide bonds. The van der Waals surface area contributed by atoms with Gasteiger partial charge in [0, 0.05) is 27.2 Å². The molecule has 34 heavy (non-hydrogen) atoms. The molecular formula is C26H30N6O2. The van der Waals surface area contributed by atoms with Crippen LogP contribution >= 0.6 is 0 Å². The van der Waals surface area contributed by atoms with Crippen molar-refractivity contribution in [2.45, 2.75) is 26.1 Å². The molecule has 3 heterocycles. The Morgan fingerprint density at radius 1 is 1.06 bits per heavy atom. The summed E-state index contributed by atoms with van der Waals surface area (Å²) in [6, 6.07) is 18.3. The van der Waals surface area contributed by atoms with Crippen LogP contribution in [0.15, 0.2) is 54.6 Å². The Morgan fingerprint density at radius 2 is 1.82 bits per heavy atom. The van der Waals surface area contributed by atoms with Crippen molar-refractivity contribution < 1.29 is 9.47 Å².